The fourth-order valence-electron chi connectivity index (χ4n) is 0.644. The second-order valence-electron chi connectivity index (χ2n) is 2.84. The lowest BCUT2D eigenvalue weighted by Gasteiger charge is -2.25. The van der Waals surface area contributed by atoms with Gasteiger partial charge in [-0.1, -0.05) is 6.58 Å². The highest BCUT2D eigenvalue weighted by molar-refractivity contribution is 7.99. The summed E-state index contributed by atoms with van der Waals surface area (Å²) in [6, 6.07) is 0. The topological polar surface area (TPSA) is 80.7 Å². The maximum absolute atomic E-state index is 11.6. The van der Waals surface area contributed by atoms with Gasteiger partial charge in [-0.25, -0.2) is 9.00 Å². The van der Waals surface area contributed by atoms with Crippen LogP contribution in [0.15, 0.2) is 12.2 Å². The molecule has 0 unspecified atom stereocenters. The van der Waals surface area contributed by atoms with Crippen LogP contribution in [0, 0.1) is 0 Å². The van der Waals surface area contributed by atoms with Crippen molar-refractivity contribution in [2.24, 2.45) is 0 Å². The zero-order valence-electron chi connectivity index (χ0n) is 8.15. The minimum absolute atomic E-state index is 0.0122. The summed E-state index contributed by atoms with van der Waals surface area (Å²) in [6.07, 6.45) is 0. The van der Waals surface area contributed by atoms with Crippen molar-refractivity contribution in [3.8, 4) is 0 Å². The molecular formula is C8H14O5S. The fourth-order valence-corrected chi connectivity index (χ4v) is 1.93. The van der Waals surface area contributed by atoms with Crippen LogP contribution >= 0.6 is 0 Å². The van der Waals surface area contributed by atoms with E-state index in [1.54, 1.807) is 0 Å². The van der Waals surface area contributed by atoms with Crippen LogP contribution in [0.3, 0.4) is 0 Å². The van der Waals surface area contributed by atoms with E-state index in [0.29, 0.717) is 0 Å². The zero-order valence-corrected chi connectivity index (χ0v) is 9.04. The third-order valence-corrected chi connectivity index (χ3v) is 3.67. The highest BCUT2D eigenvalue weighted by atomic mass is 32.3. The molecule has 1 N–H and O–H groups in total. The predicted molar refractivity (Wildman–Crippen MR) is 53.5 cm³/mol. The van der Waals surface area contributed by atoms with Crippen LogP contribution in [0.2, 0.25) is 0 Å². The molecular weight excluding hydrogens is 208 g/mol. The van der Waals surface area contributed by atoms with Crippen molar-refractivity contribution >= 4 is 22.2 Å². The van der Waals surface area contributed by atoms with Crippen LogP contribution in [-0.4, -0.2) is 32.8 Å². The lowest BCUT2D eigenvalue weighted by molar-refractivity contribution is -0.134. The van der Waals surface area contributed by atoms with Crippen molar-refractivity contribution < 1.29 is 23.1 Å². The van der Waals surface area contributed by atoms with Crippen LogP contribution in [0.5, 0.6) is 0 Å². The van der Waals surface area contributed by atoms with E-state index in [2.05, 4.69) is 10.8 Å². The van der Waals surface area contributed by atoms with Crippen molar-refractivity contribution in [1.82, 2.24) is 0 Å². The number of thiol groups is 1. The molecule has 0 radical (unpaired) electrons. The second kappa shape index (κ2) is 4.90. The lowest BCUT2D eigenvalue weighted by atomic mass is 10.4. The third-order valence-electron chi connectivity index (χ3n) is 1.46. The normalized spacial score (nSPS) is 11.9. The Hall–Kier alpha value is -1.17. The van der Waals surface area contributed by atoms with Crippen molar-refractivity contribution in [3.05, 3.63) is 12.2 Å². The molecule has 0 atom stereocenters. The van der Waals surface area contributed by atoms with Crippen LogP contribution < -0.4 is 0 Å². The van der Waals surface area contributed by atoms with Crippen molar-refractivity contribution in [2.75, 3.05) is 11.5 Å². The van der Waals surface area contributed by atoms with Gasteiger partial charge in [-0.05, 0) is 13.8 Å². The molecule has 0 aliphatic heterocycles. The molecule has 0 rings (SSSR count). The Morgan fingerprint density at radius 3 is 2.29 bits per heavy atom. The smallest absolute Gasteiger partial charge is 0.353 e. The van der Waals surface area contributed by atoms with Crippen LogP contribution in [0.4, 0.5) is 0 Å². The van der Waals surface area contributed by atoms with E-state index >= 15 is 0 Å². The van der Waals surface area contributed by atoms with Gasteiger partial charge in [-0.3, -0.25) is 4.79 Å². The number of carboxylic acids is 1. The van der Waals surface area contributed by atoms with Crippen molar-refractivity contribution in [1.29, 1.82) is 0 Å². The summed E-state index contributed by atoms with van der Waals surface area (Å²) >= 11 is 0. The molecule has 0 aromatic heterocycles. The van der Waals surface area contributed by atoms with Crippen LogP contribution in [0.1, 0.15) is 13.8 Å². The molecule has 0 saturated carbocycles. The summed E-state index contributed by atoms with van der Waals surface area (Å²) in [7, 11) is -3.38. The maximum atomic E-state index is 11.6. The first-order chi connectivity index (χ1) is 6.30. The van der Waals surface area contributed by atoms with Gasteiger partial charge in [0.15, 0.2) is 0 Å². The molecule has 0 fully saturated rings. The molecule has 14 heavy (non-hydrogen) atoms. The summed E-state index contributed by atoms with van der Waals surface area (Å²) < 4.78 is 16.2. The minimum atomic E-state index is -3.38. The van der Waals surface area contributed by atoms with Crippen LogP contribution in [-0.2, 0) is 24.0 Å². The molecule has 0 saturated heterocycles. The van der Waals surface area contributed by atoms with E-state index in [4.69, 9.17) is 5.11 Å². The van der Waals surface area contributed by atoms with Crippen molar-refractivity contribution in [3.63, 3.8) is 0 Å². The van der Waals surface area contributed by atoms with Crippen molar-refractivity contribution in [2.45, 2.75) is 13.8 Å². The zero-order chi connectivity index (χ0) is 11.4. The number of carbonyl (C=O) groups is 2. The number of hydrogen-bond donors (Lipinski definition) is 2. The Kier molecular flexibility index (Phi) is 4.49. The second-order valence-corrected chi connectivity index (χ2v) is 5.60. The number of aliphatic carboxylic acids is 1. The summed E-state index contributed by atoms with van der Waals surface area (Å²) in [4.78, 5) is 21.4. The van der Waals surface area contributed by atoms with Gasteiger partial charge in [0.1, 0.15) is 5.75 Å². The largest absolute Gasteiger partial charge is 0.480 e. The molecule has 0 heterocycles. The Labute approximate surface area is 83.4 Å². The Balaban J connectivity index is 4.56. The minimum Gasteiger partial charge on any atom is -0.480 e. The van der Waals surface area contributed by atoms with Gasteiger partial charge < -0.3 is 9.29 Å². The number of carbonyl (C=O) groups excluding carboxylic acids is 1. The van der Waals surface area contributed by atoms with Gasteiger partial charge >= 0.3 is 11.9 Å². The Morgan fingerprint density at radius 1 is 1.50 bits per heavy atom. The summed E-state index contributed by atoms with van der Waals surface area (Å²) in [5, 5.41) is 8.45. The molecule has 6 heteroatoms. The van der Waals surface area contributed by atoms with E-state index in [1.807, 2.05) is 0 Å². The van der Waals surface area contributed by atoms with Gasteiger partial charge in [-0.2, -0.15) is 0 Å². The summed E-state index contributed by atoms with van der Waals surface area (Å²) in [6.45, 7) is 6.22. The molecule has 0 aromatic rings. The highest BCUT2D eigenvalue weighted by Crippen LogP contribution is 2.09. The molecule has 5 nitrogen and oxygen atoms in total. The first kappa shape index (κ1) is 12.8. The predicted octanol–water partition coefficient (Wildman–Crippen LogP) is 0.142. The van der Waals surface area contributed by atoms with Gasteiger partial charge in [-0.15, -0.1) is 10.2 Å². The van der Waals surface area contributed by atoms with Crippen LogP contribution in [0.25, 0.3) is 0 Å². The van der Waals surface area contributed by atoms with Gasteiger partial charge in [0.25, 0.3) is 0 Å². The number of rotatable bonds is 5. The molecule has 0 aromatic carbocycles. The Bertz CT molecular complexity index is 307. The summed E-state index contributed by atoms with van der Waals surface area (Å²) in [5.74, 6) is -2.68. The first-order valence-corrected chi connectivity index (χ1v) is 5.99. The van der Waals surface area contributed by atoms with E-state index in [-0.39, 0.29) is 11.3 Å². The number of carboxylic acid groups (broad SMARTS) is 1. The average Bonchev–Trinajstić information content (AvgIpc) is 2.02. The quantitative estimate of drug-likeness (QED) is 0.511. The van der Waals surface area contributed by atoms with Gasteiger partial charge in [0, 0.05) is 11.3 Å². The molecule has 0 aliphatic rings. The van der Waals surface area contributed by atoms with E-state index in [9.17, 15) is 13.8 Å². The Morgan fingerprint density at radius 2 is 2.00 bits per heavy atom. The fraction of sp³-hybridized carbons (Fsp3) is 0.500. The van der Waals surface area contributed by atoms with E-state index in [0.717, 1.165) is 0 Å². The number of hydrogen-bond acceptors (Lipinski definition) is 4. The van der Waals surface area contributed by atoms with E-state index in [1.165, 1.54) is 13.8 Å². The SMILES string of the molecule is C=C(C)C(=O)O[SH](=O)(CC)CC(=O)O. The molecule has 0 bridgehead atoms. The summed E-state index contributed by atoms with van der Waals surface area (Å²) in [5.41, 5.74) is 0.101. The highest BCUT2D eigenvalue weighted by Gasteiger charge is 2.17. The monoisotopic (exact) mass is 222 g/mol. The standard InChI is InChI=1S/C8H14O5S/c1-4-14(12,5-7(9)10)13-8(11)6(2)3/h14H,2,4-5H2,1,3H3,(H,9,10). The first-order valence-electron chi connectivity index (χ1n) is 4.00. The van der Waals surface area contributed by atoms with E-state index < -0.39 is 27.9 Å². The average molecular weight is 222 g/mol. The molecule has 0 amide bonds. The molecule has 0 aliphatic carbocycles. The third kappa shape index (κ3) is 4.18. The molecule has 0 spiro atoms. The lowest BCUT2D eigenvalue weighted by Crippen LogP contribution is -2.30. The van der Waals surface area contributed by atoms with Gasteiger partial charge in [0.05, 0.1) is 0 Å². The van der Waals surface area contributed by atoms with Gasteiger partial charge in [0.2, 0.25) is 0 Å². The maximum Gasteiger partial charge on any atom is 0.353 e. The molecule has 82 valence electrons.